The fourth-order valence-corrected chi connectivity index (χ4v) is 4.17. The molecule has 0 saturated carbocycles. The molecule has 1 aliphatic rings. The number of carbonyl (C=O) groups is 2. The van der Waals surface area contributed by atoms with E-state index in [1.165, 1.54) is 25.7 Å². The number of rotatable bonds is 9. The number of para-hydroxylation sites is 1. The number of nitrogens with zero attached hydrogens (tertiary/aromatic N) is 1. The van der Waals surface area contributed by atoms with E-state index in [-0.39, 0.29) is 23.0 Å². The van der Waals surface area contributed by atoms with E-state index in [9.17, 15) is 14.7 Å². The molecule has 0 amide bonds. The van der Waals surface area contributed by atoms with Crippen molar-refractivity contribution in [1.29, 1.82) is 0 Å². The maximum absolute atomic E-state index is 13.3. The first-order valence-electron chi connectivity index (χ1n) is 11.0. The zero-order valence-corrected chi connectivity index (χ0v) is 17.8. The molecule has 31 heavy (non-hydrogen) atoms. The van der Waals surface area contributed by atoms with Crippen molar-refractivity contribution in [2.24, 2.45) is 0 Å². The SMILES string of the molecule is CCCCCCCCOc1cccc2c1C(=O)C(c1nc3ccccc3cc1O)C2=O. The Bertz CT molecular complexity index is 1120. The molecule has 1 aromatic heterocycles. The molecule has 0 saturated heterocycles. The molecule has 3 aromatic rings. The van der Waals surface area contributed by atoms with Gasteiger partial charge in [-0.2, -0.15) is 0 Å². The quantitative estimate of drug-likeness (QED) is 0.349. The minimum absolute atomic E-state index is 0.103. The van der Waals surface area contributed by atoms with Crippen LogP contribution < -0.4 is 4.74 Å². The first-order chi connectivity index (χ1) is 15.1. The lowest BCUT2D eigenvalue weighted by Crippen LogP contribution is -2.15. The summed E-state index contributed by atoms with van der Waals surface area (Å²) in [5, 5.41) is 11.3. The number of hydrogen-bond donors (Lipinski definition) is 1. The predicted octanol–water partition coefficient (Wildman–Crippen LogP) is 5.84. The normalized spacial score (nSPS) is 15.5. The van der Waals surface area contributed by atoms with Crippen molar-refractivity contribution >= 4 is 22.5 Å². The number of benzene rings is 2. The third-order valence-electron chi connectivity index (χ3n) is 5.82. The Labute approximate surface area is 182 Å². The van der Waals surface area contributed by atoms with Crippen molar-refractivity contribution in [3.05, 3.63) is 65.4 Å². The van der Waals surface area contributed by atoms with Crippen LogP contribution >= 0.6 is 0 Å². The summed E-state index contributed by atoms with van der Waals surface area (Å²) in [6, 6.07) is 14.0. The molecule has 1 atom stereocenters. The number of fused-ring (bicyclic) bond motifs is 2. The minimum Gasteiger partial charge on any atom is -0.506 e. The summed E-state index contributed by atoms with van der Waals surface area (Å²) >= 11 is 0. The zero-order chi connectivity index (χ0) is 21.8. The standard InChI is InChI=1S/C26H27NO4/c1-2-3-4-5-6-9-15-31-21-14-10-12-18-22(21)26(30)23(25(18)29)24-20(28)16-17-11-7-8-13-19(17)27-24/h7-8,10-14,16,23,28H,2-6,9,15H2,1H3. The molecule has 0 bridgehead atoms. The summed E-state index contributed by atoms with van der Waals surface area (Å²) < 4.78 is 5.90. The predicted molar refractivity (Wildman–Crippen MR) is 120 cm³/mol. The van der Waals surface area contributed by atoms with Crippen LogP contribution in [-0.2, 0) is 0 Å². The Morgan fingerprint density at radius 1 is 0.935 bits per heavy atom. The van der Waals surface area contributed by atoms with E-state index in [0.717, 1.165) is 18.2 Å². The van der Waals surface area contributed by atoms with Crippen LogP contribution in [0.2, 0.25) is 0 Å². The van der Waals surface area contributed by atoms with Gasteiger partial charge in [-0.05, 0) is 24.6 Å². The molecule has 1 unspecified atom stereocenters. The van der Waals surface area contributed by atoms with Crippen molar-refractivity contribution in [2.45, 2.75) is 51.4 Å². The summed E-state index contributed by atoms with van der Waals surface area (Å²) in [5.74, 6) is -1.56. The summed E-state index contributed by atoms with van der Waals surface area (Å²) in [4.78, 5) is 30.8. The van der Waals surface area contributed by atoms with E-state index in [4.69, 9.17) is 4.74 Å². The van der Waals surface area contributed by atoms with Crippen LogP contribution in [0.4, 0.5) is 0 Å². The zero-order valence-electron chi connectivity index (χ0n) is 17.8. The van der Waals surface area contributed by atoms with Crippen molar-refractivity contribution < 1.29 is 19.4 Å². The Morgan fingerprint density at radius 2 is 1.71 bits per heavy atom. The highest BCUT2D eigenvalue weighted by Crippen LogP contribution is 2.41. The largest absolute Gasteiger partial charge is 0.506 e. The molecule has 0 aliphatic heterocycles. The first-order valence-corrected chi connectivity index (χ1v) is 11.0. The van der Waals surface area contributed by atoms with E-state index in [1.807, 2.05) is 18.2 Å². The van der Waals surface area contributed by atoms with E-state index < -0.39 is 5.92 Å². The summed E-state index contributed by atoms with van der Waals surface area (Å²) in [6.07, 6.45) is 6.86. The van der Waals surface area contributed by atoms with Gasteiger partial charge < -0.3 is 9.84 Å². The second kappa shape index (κ2) is 9.29. The lowest BCUT2D eigenvalue weighted by Gasteiger charge is -2.11. The van der Waals surface area contributed by atoms with Crippen molar-refractivity contribution in [3.63, 3.8) is 0 Å². The number of aromatic hydroxyl groups is 1. The minimum atomic E-state index is -1.14. The number of pyridine rings is 1. The Kier molecular flexibility index (Phi) is 6.31. The fourth-order valence-electron chi connectivity index (χ4n) is 4.17. The van der Waals surface area contributed by atoms with Crippen LogP contribution in [0.5, 0.6) is 11.5 Å². The molecular formula is C26H27NO4. The molecule has 160 valence electrons. The van der Waals surface area contributed by atoms with E-state index in [1.54, 1.807) is 30.3 Å². The highest BCUT2D eigenvalue weighted by molar-refractivity contribution is 6.30. The molecule has 0 spiro atoms. The molecule has 0 radical (unpaired) electrons. The first kappa shape index (κ1) is 21.0. The maximum atomic E-state index is 13.3. The van der Waals surface area contributed by atoms with Crippen molar-refractivity contribution in [2.75, 3.05) is 6.61 Å². The van der Waals surface area contributed by atoms with Gasteiger partial charge in [-0.25, -0.2) is 4.98 Å². The van der Waals surface area contributed by atoms with Gasteiger partial charge in [0.25, 0.3) is 0 Å². The topological polar surface area (TPSA) is 76.5 Å². The van der Waals surface area contributed by atoms with Crippen LogP contribution in [-0.4, -0.2) is 28.3 Å². The summed E-state index contributed by atoms with van der Waals surface area (Å²) in [5.41, 5.74) is 1.38. The second-order valence-corrected chi connectivity index (χ2v) is 8.04. The lowest BCUT2D eigenvalue weighted by atomic mass is 9.97. The van der Waals surface area contributed by atoms with E-state index in [0.29, 0.717) is 29.0 Å². The van der Waals surface area contributed by atoms with Crippen molar-refractivity contribution in [1.82, 2.24) is 4.98 Å². The van der Waals surface area contributed by atoms with Gasteiger partial charge in [-0.1, -0.05) is 69.4 Å². The smallest absolute Gasteiger partial charge is 0.184 e. The Morgan fingerprint density at radius 3 is 2.55 bits per heavy atom. The second-order valence-electron chi connectivity index (χ2n) is 8.04. The van der Waals surface area contributed by atoms with Crippen molar-refractivity contribution in [3.8, 4) is 11.5 Å². The maximum Gasteiger partial charge on any atom is 0.184 e. The van der Waals surface area contributed by atoms with Crippen LogP contribution in [0.3, 0.4) is 0 Å². The van der Waals surface area contributed by atoms with E-state index >= 15 is 0 Å². The van der Waals surface area contributed by atoms with Crippen LogP contribution in [0, 0.1) is 0 Å². The lowest BCUT2D eigenvalue weighted by molar-refractivity contribution is 0.0885. The molecular weight excluding hydrogens is 390 g/mol. The number of ether oxygens (including phenoxy) is 1. The number of carbonyl (C=O) groups excluding carboxylic acids is 2. The van der Waals surface area contributed by atoms with Crippen LogP contribution in [0.1, 0.15) is 77.8 Å². The van der Waals surface area contributed by atoms with Crippen LogP contribution in [0.25, 0.3) is 10.9 Å². The molecule has 2 aromatic carbocycles. The molecule has 5 heteroatoms. The number of ketones is 2. The average molecular weight is 418 g/mol. The van der Waals surface area contributed by atoms with Gasteiger partial charge in [-0.15, -0.1) is 0 Å². The molecule has 5 nitrogen and oxygen atoms in total. The van der Waals surface area contributed by atoms with Gasteiger partial charge >= 0.3 is 0 Å². The van der Waals surface area contributed by atoms with E-state index in [2.05, 4.69) is 11.9 Å². The van der Waals surface area contributed by atoms with Crippen LogP contribution in [0.15, 0.2) is 48.5 Å². The molecule has 1 heterocycles. The van der Waals surface area contributed by atoms with Gasteiger partial charge in [0.15, 0.2) is 11.6 Å². The van der Waals surface area contributed by atoms with Gasteiger partial charge in [0.05, 0.1) is 17.7 Å². The number of hydrogen-bond acceptors (Lipinski definition) is 5. The monoisotopic (exact) mass is 417 g/mol. The fraction of sp³-hybridized carbons (Fsp3) is 0.346. The molecule has 1 aliphatic carbocycles. The Balaban J connectivity index is 1.55. The third kappa shape index (κ3) is 4.18. The molecule has 0 fully saturated rings. The number of Topliss-reactive ketones (excluding diaryl/α,β-unsaturated/α-hetero) is 2. The third-order valence-corrected chi connectivity index (χ3v) is 5.82. The molecule has 4 rings (SSSR count). The Hall–Kier alpha value is -3.21. The number of unbranched alkanes of at least 4 members (excludes halogenated alkanes) is 5. The van der Waals surface area contributed by atoms with Gasteiger partial charge in [0.2, 0.25) is 0 Å². The highest BCUT2D eigenvalue weighted by Gasteiger charge is 2.43. The summed E-state index contributed by atoms with van der Waals surface area (Å²) in [7, 11) is 0. The average Bonchev–Trinajstić information content (AvgIpc) is 3.03. The highest BCUT2D eigenvalue weighted by atomic mass is 16.5. The summed E-state index contributed by atoms with van der Waals surface area (Å²) in [6.45, 7) is 2.70. The van der Waals surface area contributed by atoms with Gasteiger partial charge in [-0.3, -0.25) is 9.59 Å². The number of aromatic nitrogens is 1. The van der Waals surface area contributed by atoms with Gasteiger partial charge in [0.1, 0.15) is 23.1 Å². The molecule has 1 N–H and O–H groups in total. The van der Waals surface area contributed by atoms with Gasteiger partial charge in [0, 0.05) is 10.9 Å².